The van der Waals surface area contributed by atoms with Crippen molar-refractivity contribution < 1.29 is 17.9 Å². The van der Waals surface area contributed by atoms with Gasteiger partial charge in [-0.05, 0) is 18.2 Å². The molecule has 3 heterocycles. The smallest absolute Gasteiger partial charge is 0.337 e. The third kappa shape index (κ3) is 2.18. The maximum absolute atomic E-state index is 12.7. The number of hydrogen-bond acceptors (Lipinski definition) is 7. The molecule has 9 heteroatoms. The Kier molecular flexibility index (Phi) is 3.08. The number of rotatable bonds is 1. The normalized spacial score (nSPS) is 24.4. The van der Waals surface area contributed by atoms with E-state index < -0.39 is 15.8 Å². The van der Waals surface area contributed by atoms with Crippen molar-refractivity contribution in [3.05, 3.63) is 34.1 Å². The lowest BCUT2D eigenvalue weighted by Gasteiger charge is -2.11. The highest BCUT2D eigenvalue weighted by Crippen LogP contribution is 2.43. The number of aromatic nitrogens is 2. The number of carbonyl (C=O) groups is 1. The number of carbonyl (C=O) groups excluding carboxylic acids is 1. The third-order valence-corrected chi connectivity index (χ3v) is 7.36. The number of fused-ring (bicyclic) bond motifs is 4. The first-order valence-corrected chi connectivity index (χ1v) is 9.61. The van der Waals surface area contributed by atoms with Gasteiger partial charge in [0.15, 0.2) is 15.0 Å². The molecule has 2 aromatic rings. The molecule has 0 amide bonds. The zero-order valence-electron chi connectivity index (χ0n) is 12.1. The van der Waals surface area contributed by atoms with Gasteiger partial charge >= 0.3 is 5.97 Å². The Morgan fingerprint density at radius 2 is 2.17 bits per heavy atom. The van der Waals surface area contributed by atoms with Crippen LogP contribution in [-0.4, -0.2) is 47.8 Å². The predicted molar refractivity (Wildman–Crippen MR) is 84.7 cm³/mol. The van der Waals surface area contributed by atoms with Crippen molar-refractivity contribution in [2.24, 2.45) is 0 Å². The zero-order chi connectivity index (χ0) is 16.4. The van der Waals surface area contributed by atoms with Crippen molar-refractivity contribution in [3.8, 4) is 0 Å². The fourth-order valence-electron chi connectivity index (χ4n) is 3.08. The van der Waals surface area contributed by atoms with Crippen molar-refractivity contribution in [1.29, 1.82) is 0 Å². The van der Waals surface area contributed by atoms with Crippen molar-refractivity contribution in [2.45, 2.75) is 16.4 Å². The van der Waals surface area contributed by atoms with Crippen molar-refractivity contribution in [1.82, 2.24) is 9.55 Å². The first-order valence-electron chi connectivity index (χ1n) is 6.91. The van der Waals surface area contributed by atoms with E-state index in [0.29, 0.717) is 21.6 Å². The summed E-state index contributed by atoms with van der Waals surface area (Å²) >= 11 is 1.31. The van der Waals surface area contributed by atoms with Gasteiger partial charge < -0.3 is 4.74 Å². The first-order chi connectivity index (χ1) is 10.9. The molecule has 0 aliphatic carbocycles. The fourth-order valence-corrected chi connectivity index (χ4v) is 6.99. The number of benzene rings is 1. The van der Waals surface area contributed by atoms with Crippen molar-refractivity contribution in [2.75, 3.05) is 18.6 Å². The Morgan fingerprint density at radius 1 is 1.39 bits per heavy atom. The number of hydrogen-bond donors (Lipinski definition) is 0. The summed E-state index contributed by atoms with van der Waals surface area (Å²) in [6.45, 7) is 0. The van der Waals surface area contributed by atoms with Crippen LogP contribution in [0.3, 0.4) is 0 Å². The van der Waals surface area contributed by atoms with E-state index in [-0.39, 0.29) is 28.4 Å². The molecule has 0 unspecified atom stereocenters. The van der Waals surface area contributed by atoms with Gasteiger partial charge in [0.1, 0.15) is 0 Å². The highest BCUT2D eigenvalue weighted by molar-refractivity contribution is 8.02. The van der Waals surface area contributed by atoms with E-state index >= 15 is 0 Å². The van der Waals surface area contributed by atoms with Crippen LogP contribution in [0.5, 0.6) is 0 Å². The van der Waals surface area contributed by atoms with Gasteiger partial charge in [-0.25, -0.2) is 18.2 Å². The maximum Gasteiger partial charge on any atom is 0.337 e. The average molecular weight is 352 g/mol. The van der Waals surface area contributed by atoms with E-state index in [1.54, 1.807) is 0 Å². The lowest BCUT2D eigenvalue weighted by molar-refractivity contribution is 0.0601. The van der Waals surface area contributed by atoms with Gasteiger partial charge in [0.05, 0.1) is 41.1 Å². The SMILES string of the molecule is COC(=O)c1ccc2c(=O)n3c(nc2c1)S[C@@H]1CS(=O)(=O)C[C@H]13. The number of sulfone groups is 1. The van der Waals surface area contributed by atoms with Gasteiger partial charge in [-0.2, -0.15) is 0 Å². The highest BCUT2D eigenvalue weighted by atomic mass is 32.2. The van der Waals surface area contributed by atoms with Crippen LogP contribution in [0.2, 0.25) is 0 Å². The molecule has 0 saturated carbocycles. The van der Waals surface area contributed by atoms with E-state index in [1.807, 2.05) is 0 Å². The monoisotopic (exact) mass is 352 g/mol. The molecule has 2 atom stereocenters. The molecular weight excluding hydrogens is 340 g/mol. The van der Waals surface area contributed by atoms with Crippen LogP contribution in [0.25, 0.3) is 10.9 Å². The van der Waals surface area contributed by atoms with Gasteiger partial charge in [0.25, 0.3) is 5.56 Å². The second-order valence-corrected chi connectivity index (χ2v) is 8.95. The molecule has 0 N–H and O–H groups in total. The van der Waals surface area contributed by atoms with Crippen LogP contribution in [-0.2, 0) is 14.6 Å². The Morgan fingerprint density at radius 3 is 2.91 bits per heavy atom. The molecule has 1 fully saturated rings. The van der Waals surface area contributed by atoms with Crippen LogP contribution in [0.15, 0.2) is 28.2 Å². The molecule has 1 saturated heterocycles. The van der Waals surface area contributed by atoms with Crippen molar-refractivity contribution in [3.63, 3.8) is 0 Å². The summed E-state index contributed by atoms with van der Waals surface area (Å²) in [6.07, 6.45) is 0. The summed E-state index contributed by atoms with van der Waals surface area (Å²) in [5, 5.41) is 0.707. The van der Waals surface area contributed by atoms with E-state index in [9.17, 15) is 18.0 Å². The first kappa shape index (κ1) is 14.7. The van der Waals surface area contributed by atoms with Crippen LogP contribution in [0.1, 0.15) is 16.4 Å². The number of ether oxygens (including phenoxy) is 1. The van der Waals surface area contributed by atoms with E-state index in [2.05, 4.69) is 9.72 Å². The van der Waals surface area contributed by atoms with E-state index in [4.69, 9.17) is 0 Å². The van der Waals surface area contributed by atoms with Gasteiger partial charge in [0, 0.05) is 5.25 Å². The highest BCUT2D eigenvalue weighted by Gasteiger charge is 2.46. The van der Waals surface area contributed by atoms with Gasteiger partial charge in [-0.15, -0.1) is 0 Å². The molecular formula is C14H12N2O5S2. The van der Waals surface area contributed by atoms with Crippen LogP contribution >= 0.6 is 11.8 Å². The standard InChI is InChI=1S/C14H12N2O5S2/c1-21-13(18)7-2-3-8-9(4-7)15-14-16(12(8)17)10-5-23(19,20)6-11(10)22-14/h2-4,10-11H,5-6H2,1H3/t10-,11-/m1/s1. The Balaban J connectivity index is 1.90. The molecule has 0 bridgehead atoms. The largest absolute Gasteiger partial charge is 0.465 e. The number of methoxy groups -OCH3 is 1. The van der Waals surface area contributed by atoms with Crippen molar-refractivity contribution >= 4 is 38.5 Å². The molecule has 23 heavy (non-hydrogen) atoms. The summed E-state index contributed by atoms with van der Waals surface area (Å²) in [6, 6.07) is 4.21. The third-order valence-electron chi connectivity index (χ3n) is 4.15. The maximum atomic E-state index is 12.7. The molecule has 120 valence electrons. The molecule has 4 rings (SSSR count). The zero-order valence-corrected chi connectivity index (χ0v) is 13.7. The molecule has 1 aromatic heterocycles. The molecule has 7 nitrogen and oxygen atoms in total. The molecule has 2 aliphatic heterocycles. The predicted octanol–water partition coefficient (Wildman–Crippen LogP) is 0.627. The van der Waals surface area contributed by atoms with Crippen LogP contribution < -0.4 is 5.56 Å². The fraction of sp³-hybridized carbons (Fsp3) is 0.357. The summed E-state index contributed by atoms with van der Waals surface area (Å²) < 4.78 is 29.7. The molecule has 2 aliphatic rings. The second-order valence-electron chi connectivity index (χ2n) is 5.59. The quantitative estimate of drug-likeness (QED) is 0.548. The minimum atomic E-state index is -3.11. The van der Waals surface area contributed by atoms with Crippen LogP contribution in [0, 0.1) is 0 Å². The summed E-state index contributed by atoms with van der Waals surface area (Å²) in [4.78, 5) is 28.8. The van der Waals surface area contributed by atoms with E-state index in [1.165, 1.54) is 41.6 Å². The summed E-state index contributed by atoms with van der Waals surface area (Å²) in [5.41, 5.74) is 0.473. The lowest BCUT2D eigenvalue weighted by atomic mass is 10.1. The molecule has 0 spiro atoms. The van der Waals surface area contributed by atoms with E-state index in [0.717, 1.165) is 0 Å². The van der Waals surface area contributed by atoms with Gasteiger partial charge in [-0.3, -0.25) is 9.36 Å². The Labute approximate surface area is 135 Å². The molecule has 1 aromatic carbocycles. The number of esters is 1. The average Bonchev–Trinajstić information content (AvgIpc) is 2.97. The topological polar surface area (TPSA) is 95.3 Å². The Bertz CT molecular complexity index is 1010. The Hall–Kier alpha value is -1.87. The second kappa shape index (κ2) is 4.81. The van der Waals surface area contributed by atoms with Gasteiger partial charge in [0.2, 0.25) is 0 Å². The minimum Gasteiger partial charge on any atom is -0.465 e. The van der Waals surface area contributed by atoms with Crippen LogP contribution in [0.4, 0.5) is 0 Å². The summed E-state index contributed by atoms with van der Waals surface area (Å²) in [5.74, 6) is -0.454. The minimum absolute atomic E-state index is 0.0228. The summed E-state index contributed by atoms with van der Waals surface area (Å²) in [7, 11) is -1.82. The molecule has 0 radical (unpaired) electrons. The van der Waals surface area contributed by atoms with Gasteiger partial charge in [-0.1, -0.05) is 11.8 Å². The number of thioether (sulfide) groups is 1. The lowest BCUT2D eigenvalue weighted by Crippen LogP contribution is -2.27. The number of nitrogens with zero attached hydrogens (tertiary/aromatic N) is 2.